The van der Waals surface area contributed by atoms with E-state index in [2.05, 4.69) is 5.32 Å². The Morgan fingerprint density at radius 2 is 1.67 bits per heavy atom. The minimum atomic E-state index is -0.829. The van der Waals surface area contributed by atoms with Crippen LogP contribution in [0.5, 0.6) is 11.5 Å². The first-order valence-electron chi connectivity index (χ1n) is 5.68. The van der Waals surface area contributed by atoms with Crippen LogP contribution < -0.4 is 14.8 Å². The maximum absolute atomic E-state index is 11.2. The van der Waals surface area contributed by atoms with Crippen LogP contribution in [0.3, 0.4) is 0 Å². The van der Waals surface area contributed by atoms with Crippen molar-refractivity contribution in [2.75, 3.05) is 5.32 Å². The number of nitrogens with one attached hydrogen (secondary N) is 1. The molecule has 0 saturated carbocycles. The average Bonchev–Trinajstić information content (AvgIpc) is 2.31. The number of benzene rings is 1. The maximum atomic E-state index is 11.2. The molecule has 1 rings (SSSR count). The predicted molar refractivity (Wildman–Crippen MR) is 70.0 cm³/mol. The monoisotopic (exact) mass is 296 g/mol. The van der Waals surface area contributed by atoms with Gasteiger partial charge in [-0.15, -0.1) is 0 Å². The SMILES string of the molecule is CC(=O)Nc1c(OC(C)=O)ccc([N+](=O)[O-])c1OC(C)=O. The second-order valence-electron chi connectivity index (χ2n) is 3.91. The molecule has 9 heteroatoms. The summed E-state index contributed by atoms with van der Waals surface area (Å²) in [5, 5.41) is 13.2. The summed E-state index contributed by atoms with van der Waals surface area (Å²) >= 11 is 0. The van der Waals surface area contributed by atoms with Gasteiger partial charge in [-0.25, -0.2) is 0 Å². The van der Waals surface area contributed by atoms with E-state index in [1.807, 2.05) is 0 Å². The Balaban J connectivity index is 3.54. The number of rotatable bonds is 4. The minimum Gasteiger partial charge on any atom is -0.424 e. The zero-order valence-corrected chi connectivity index (χ0v) is 11.5. The highest BCUT2D eigenvalue weighted by atomic mass is 16.6. The van der Waals surface area contributed by atoms with Gasteiger partial charge in [-0.1, -0.05) is 0 Å². The third kappa shape index (κ3) is 4.27. The largest absolute Gasteiger partial charge is 0.424 e. The van der Waals surface area contributed by atoms with Crippen molar-refractivity contribution in [2.45, 2.75) is 20.8 Å². The summed E-state index contributed by atoms with van der Waals surface area (Å²) in [6, 6.07) is 2.12. The van der Waals surface area contributed by atoms with Gasteiger partial charge in [0.25, 0.3) is 0 Å². The molecule has 21 heavy (non-hydrogen) atoms. The maximum Gasteiger partial charge on any atom is 0.314 e. The molecule has 0 aliphatic carbocycles. The first-order valence-corrected chi connectivity index (χ1v) is 5.68. The van der Waals surface area contributed by atoms with Crippen LogP contribution in [0.2, 0.25) is 0 Å². The highest BCUT2D eigenvalue weighted by Crippen LogP contribution is 2.42. The summed E-state index contributed by atoms with van der Waals surface area (Å²) in [6.07, 6.45) is 0. The first-order chi connectivity index (χ1) is 9.72. The molecule has 1 amide bonds. The van der Waals surface area contributed by atoms with Crippen LogP contribution in [0.4, 0.5) is 11.4 Å². The Kier molecular flexibility index (Phi) is 4.95. The van der Waals surface area contributed by atoms with E-state index in [1.54, 1.807) is 0 Å². The second kappa shape index (κ2) is 6.46. The molecule has 112 valence electrons. The minimum absolute atomic E-state index is 0.167. The molecule has 0 radical (unpaired) electrons. The van der Waals surface area contributed by atoms with Crippen LogP contribution in [-0.4, -0.2) is 22.8 Å². The fourth-order valence-electron chi connectivity index (χ4n) is 1.48. The Morgan fingerprint density at radius 1 is 1.10 bits per heavy atom. The van der Waals surface area contributed by atoms with E-state index in [-0.39, 0.29) is 11.4 Å². The van der Waals surface area contributed by atoms with Gasteiger partial charge in [0.05, 0.1) is 4.92 Å². The van der Waals surface area contributed by atoms with Crippen molar-refractivity contribution in [3.63, 3.8) is 0 Å². The lowest BCUT2D eigenvalue weighted by molar-refractivity contribution is -0.385. The Labute approximate surface area is 119 Å². The molecule has 0 bridgehead atoms. The van der Waals surface area contributed by atoms with Crippen LogP contribution in [0.15, 0.2) is 12.1 Å². The van der Waals surface area contributed by atoms with Gasteiger partial charge >= 0.3 is 17.6 Å². The van der Waals surface area contributed by atoms with E-state index in [0.29, 0.717) is 0 Å². The topological polar surface area (TPSA) is 125 Å². The van der Waals surface area contributed by atoms with Crippen molar-refractivity contribution in [2.24, 2.45) is 0 Å². The van der Waals surface area contributed by atoms with E-state index in [4.69, 9.17) is 9.47 Å². The lowest BCUT2D eigenvalue weighted by Gasteiger charge is -2.13. The second-order valence-corrected chi connectivity index (χ2v) is 3.91. The van der Waals surface area contributed by atoms with Crippen molar-refractivity contribution in [1.29, 1.82) is 0 Å². The summed E-state index contributed by atoms with van der Waals surface area (Å²) in [5.74, 6) is -2.78. The number of hydrogen-bond donors (Lipinski definition) is 1. The number of nitrogens with zero attached hydrogens (tertiary/aromatic N) is 1. The molecule has 0 heterocycles. The Hall–Kier alpha value is -2.97. The normalized spacial score (nSPS) is 9.67. The molecular formula is C12H12N2O7. The lowest BCUT2D eigenvalue weighted by Crippen LogP contribution is -2.14. The Morgan fingerprint density at radius 3 is 2.10 bits per heavy atom. The lowest BCUT2D eigenvalue weighted by atomic mass is 10.2. The summed E-state index contributed by atoms with van der Waals surface area (Å²) in [4.78, 5) is 43.5. The van der Waals surface area contributed by atoms with Gasteiger partial charge in [-0.05, 0) is 6.07 Å². The van der Waals surface area contributed by atoms with E-state index < -0.39 is 34.2 Å². The standard InChI is InChI=1S/C12H12N2O7/c1-6(15)13-11-10(20-7(2)16)5-4-9(14(18)19)12(11)21-8(3)17/h4-5H,1-3H3,(H,13,15). The quantitative estimate of drug-likeness (QED) is 0.385. The van der Waals surface area contributed by atoms with Crippen LogP contribution in [-0.2, 0) is 14.4 Å². The molecule has 0 atom stereocenters. The number of ether oxygens (including phenoxy) is 2. The van der Waals surface area contributed by atoms with E-state index in [9.17, 15) is 24.5 Å². The molecule has 9 nitrogen and oxygen atoms in total. The highest BCUT2D eigenvalue weighted by molar-refractivity contribution is 5.95. The first kappa shape index (κ1) is 16.1. The molecule has 1 aromatic carbocycles. The van der Waals surface area contributed by atoms with Crippen molar-refractivity contribution < 1.29 is 28.8 Å². The van der Waals surface area contributed by atoms with Crippen LogP contribution >= 0.6 is 0 Å². The number of carbonyl (C=O) groups is 3. The van der Waals surface area contributed by atoms with Gasteiger partial charge in [0.2, 0.25) is 11.7 Å². The van der Waals surface area contributed by atoms with Gasteiger partial charge in [0, 0.05) is 26.8 Å². The smallest absolute Gasteiger partial charge is 0.314 e. The van der Waals surface area contributed by atoms with Gasteiger partial charge in [0.1, 0.15) is 5.69 Å². The fourth-order valence-corrected chi connectivity index (χ4v) is 1.48. The van der Waals surface area contributed by atoms with Crippen molar-refractivity contribution in [3.8, 4) is 11.5 Å². The van der Waals surface area contributed by atoms with Crippen LogP contribution in [0, 0.1) is 10.1 Å². The van der Waals surface area contributed by atoms with Gasteiger partial charge in [0.15, 0.2) is 5.75 Å². The van der Waals surface area contributed by atoms with Crippen molar-refractivity contribution >= 4 is 29.2 Å². The predicted octanol–water partition coefficient (Wildman–Crippen LogP) is 1.40. The number of carbonyl (C=O) groups excluding carboxylic acids is 3. The third-order valence-corrected chi connectivity index (χ3v) is 2.10. The summed E-state index contributed by atoms with van der Waals surface area (Å²) < 4.78 is 9.61. The highest BCUT2D eigenvalue weighted by Gasteiger charge is 2.26. The van der Waals surface area contributed by atoms with E-state index in [1.165, 1.54) is 0 Å². The number of esters is 2. The van der Waals surface area contributed by atoms with E-state index >= 15 is 0 Å². The van der Waals surface area contributed by atoms with Crippen molar-refractivity contribution in [3.05, 3.63) is 22.2 Å². The number of nitro groups is 1. The fraction of sp³-hybridized carbons (Fsp3) is 0.250. The molecule has 0 saturated heterocycles. The average molecular weight is 296 g/mol. The molecule has 0 unspecified atom stereocenters. The third-order valence-electron chi connectivity index (χ3n) is 2.10. The molecule has 0 spiro atoms. The molecule has 1 N–H and O–H groups in total. The summed E-state index contributed by atoms with van der Waals surface area (Å²) in [6.45, 7) is 3.30. The van der Waals surface area contributed by atoms with E-state index in [0.717, 1.165) is 32.9 Å². The van der Waals surface area contributed by atoms with Gasteiger partial charge in [-0.3, -0.25) is 24.5 Å². The molecular weight excluding hydrogens is 284 g/mol. The molecule has 0 fully saturated rings. The molecule has 0 aromatic heterocycles. The van der Waals surface area contributed by atoms with Crippen LogP contribution in [0.1, 0.15) is 20.8 Å². The number of hydrogen-bond acceptors (Lipinski definition) is 7. The molecule has 0 aliphatic rings. The molecule has 1 aromatic rings. The number of amides is 1. The van der Waals surface area contributed by atoms with Gasteiger partial charge in [-0.2, -0.15) is 0 Å². The van der Waals surface area contributed by atoms with Crippen molar-refractivity contribution in [1.82, 2.24) is 0 Å². The molecule has 0 aliphatic heterocycles. The number of anilines is 1. The summed E-state index contributed by atoms with van der Waals surface area (Å²) in [7, 11) is 0. The Bertz CT molecular complexity index is 624. The summed E-state index contributed by atoms with van der Waals surface area (Å²) in [5.41, 5.74) is -0.813. The zero-order valence-electron chi connectivity index (χ0n) is 11.5. The van der Waals surface area contributed by atoms with Crippen LogP contribution in [0.25, 0.3) is 0 Å². The van der Waals surface area contributed by atoms with Gasteiger partial charge < -0.3 is 14.8 Å². The number of nitro benzene ring substituents is 1. The zero-order chi connectivity index (χ0) is 16.2.